The summed E-state index contributed by atoms with van der Waals surface area (Å²) in [5.41, 5.74) is 0.735. The summed E-state index contributed by atoms with van der Waals surface area (Å²) < 4.78 is 15.0. The van der Waals surface area contributed by atoms with Crippen molar-refractivity contribution in [3.05, 3.63) is 29.8 Å². The van der Waals surface area contributed by atoms with Crippen molar-refractivity contribution >= 4 is 13.8 Å². The number of likely N-dealkylation sites (N-methyl/N-ethyl adjacent to an activating group) is 1. The molecule has 0 aromatic heterocycles. The summed E-state index contributed by atoms with van der Waals surface area (Å²) in [5, 5.41) is 9.04. The molecule has 1 rings (SSSR count). The minimum absolute atomic E-state index is 0.0359. The zero-order valence-corrected chi connectivity index (χ0v) is 11.4. The number of hydrogen-bond acceptors (Lipinski definition) is 4. The number of benzene rings is 1. The van der Waals surface area contributed by atoms with E-state index in [1.165, 1.54) is 12.1 Å². The van der Waals surface area contributed by atoms with E-state index in [0.29, 0.717) is 6.42 Å². The molecular formula is C11H16NO6P. The van der Waals surface area contributed by atoms with Crippen LogP contribution < -0.4 is 4.52 Å². The van der Waals surface area contributed by atoms with Crippen LogP contribution in [0.3, 0.4) is 0 Å². The van der Waals surface area contributed by atoms with Gasteiger partial charge in [-0.25, -0.2) is 4.57 Å². The molecule has 0 aliphatic carbocycles. The van der Waals surface area contributed by atoms with E-state index in [0.717, 1.165) is 5.56 Å². The van der Waals surface area contributed by atoms with Gasteiger partial charge in [0.25, 0.3) is 0 Å². The van der Waals surface area contributed by atoms with E-state index >= 15 is 0 Å². The maximum Gasteiger partial charge on any atom is 0.524 e. The molecule has 8 heteroatoms. The first kappa shape index (κ1) is 15.7. The molecule has 3 N–H and O–H groups in total. The third kappa shape index (κ3) is 5.40. The van der Waals surface area contributed by atoms with Crippen molar-refractivity contribution in [1.82, 2.24) is 4.90 Å². The first-order valence-electron chi connectivity index (χ1n) is 5.42. The Kier molecular flexibility index (Phi) is 5.08. The molecule has 0 radical (unpaired) electrons. The number of carboxylic acid groups (broad SMARTS) is 1. The van der Waals surface area contributed by atoms with Gasteiger partial charge >= 0.3 is 13.8 Å². The zero-order chi connectivity index (χ0) is 14.6. The Hall–Kier alpha value is -1.40. The van der Waals surface area contributed by atoms with E-state index in [9.17, 15) is 9.36 Å². The van der Waals surface area contributed by atoms with Crippen LogP contribution in [0.2, 0.25) is 0 Å². The van der Waals surface area contributed by atoms with Gasteiger partial charge in [0, 0.05) is 0 Å². The molecule has 0 bridgehead atoms. The summed E-state index contributed by atoms with van der Waals surface area (Å²) >= 11 is 0. The van der Waals surface area contributed by atoms with Gasteiger partial charge in [0.05, 0.1) is 0 Å². The smallest absolute Gasteiger partial charge is 0.480 e. The number of carboxylic acids is 1. The van der Waals surface area contributed by atoms with Crippen molar-refractivity contribution in [2.75, 3.05) is 14.1 Å². The quantitative estimate of drug-likeness (QED) is 0.662. The summed E-state index contributed by atoms with van der Waals surface area (Å²) in [4.78, 5) is 29.9. The lowest BCUT2D eigenvalue weighted by molar-refractivity contribution is -0.142. The first-order valence-corrected chi connectivity index (χ1v) is 6.95. The van der Waals surface area contributed by atoms with Gasteiger partial charge in [-0.15, -0.1) is 0 Å². The van der Waals surface area contributed by atoms with E-state index in [2.05, 4.69) is 4.52 Å². The Morgan fingerprint density at radius 2 is 1.84 bits per heavy atom. The number of aliphatic carboxylic acids is 1. The Morgan fingerprint density at radius 1 is 1.32 bits per heavy atom. The fourth-order valence-electron chi connectivity index (χ4n) is 1.54. The van der Waals surface area contributed by atoms with Crippen LogP contribution in [0.4, 0.5) is 0 Å². The lowest BCUT2D eigenvalue weighted by atomic mass is 10.1. The SMILES string of the molecule is CN(C)C(Cc1ccc(OP(=O)(O)O)cc1)C(=O)O. The first-order chi connectivity index (χ1) is 8.69. The highest BCUT2D eigenvalue weighted by Gasteiger charge is 2.20. The monoisotopic (exact) mass is 289 g/mol. The van der Waals surface area contributed by atoms with E-state index in [1.807, 2.05) is 0 Å². The zero-order valence-electron chi connectivity index (χ0n) is 10.6. The van der Waals surface area contributed by atoms with Gasteiger partial charge < -0.3 is 9.63 Å². The predicted octanol–water partition coefficient (Wildman–Crippen LogP) is 0.715. The van der Waals surface area contributed by atoms with Crippen molar-refractivity contribution in [2.45, 2.75) is 12.5 Å². The molecule has 0 aliphatic rings. The molecule has 106 valence electrons. The average molecular weight is 289 g/mol. The summed E-state index contributed by atoms with van der Waals surface area (Å²) in [6.45, 7) is 0. The Balaban J connectivity index is 2.76. The van der Waals surface area contributed by atoms with Crippen LogP contribution in [0.25, 0.3) is 0 Å². The highest BCUT2D eigenvalue weighted by Crippen LogP contribution is 2.37. The molecule has 0 spiro atoms. The highest BCUT2D eigenvalue weighted by molar-refractivity contribution is 7.46. The fourth-order valence-corrected chi connectivity index (χ4v) is 1.93. The van der Waals surface area contributed by atoms with Crippen LogP contribution in [-0.4, -0.2) is 45.9 Å². The Morgan fingerprint density at radius 3 is 2.21 bits per heavy atom. The van der Waals surface area contributed by atoms with Crippen LogP contribution in [0.5, 0.6) is 5.75 Å². The number of carbonyl (C=O) groups is 1. The summed E-state index contributed by atoms with van der Waals surface area (Å²) in [6, 6.07) is 5.27. The average Bonchev–Trinajstić information content (AvgIpc) is 2.25. The molecule has 0 amide bonds. The molecule has 1 aromatic carbocycles. The van der Waals surface area contributed by atoms with Gasteiger partial charge in [-0.05, 0) is 38.2 Å². The molecular weight excluding hydrogens is 273 g/mol. The highest BCUT2D eigenvalue weighted by atomic mass is 31.2. The number of rotatable bonds is 6. The predicted molar refractivity (Wildman–Crippen MR) is 67.9 cm³/mol. The molecule has 0 heterocycles. The number of hydrogen-bond donors (Lipinski definition) is 3. The standard InChI is InChI=1S/C11H16NO6P/c1-12(2)10(11(13)14)7-8-3-5-9(6-4-8)18-19(15,16)17/h3-6,10H,7H2,1-2H3,(H,13,14)(H2,15,16,17). The van der Waals surface area contributed by atoms with Crippen molar-refractivity contribution in [1.29, 1.82) is 0 Å². The molecule has 1 atom stereocenters. The third-order valence-electron chi connectivity index (χ3n) is 2.49. The molecule has 0 saturated carbocycles. The minimum atomic E-state index is -4.56. The number of phosphoric ester groups is 1. The third-order valence-corrected chi connectivity index (χ3v) is 2.93. The lowest BCUT2D eigenvalue weighted by Gasteiger charge is -2.20. The van der Waals surface area contributed by atoms with Gasteiger partial charge in [0.15, 0.2) is 0 Å². The Bertz CT molecular complexity index is 480. The summed E-state index contributed by atoms with van der Waals surface area (Å²) in [7, 11) is -1.22. The molecule has 1 unspecified atom stereocenters. The molecule has 0 aliphatic heterocycles. The van der Waals surface area contributed by atoms with Crippen molar-refractivity contribution in [3.63, 3.8) is 0 Å². The van der Waals surface area contributed by atoms with Crippen molar-refractivity contribution in [3.8, 4) is 5.75 Å². The van der Waals surface area contributed by atoms with Crippen LogP contribution in [-0.2, 0) is 15.8 Å². The van der Waals surface area contributed by atoms with E-state index in [1.54, 1.807) is 31.1 Å². The maximum atomic E-state index is 11.0. The van der Waals surface area contributed by atoms with Gasteiger partial charge in [0.2, 0.25) is 0 Å². The molecule has 0 fully saturated rings. The minimum Gasteiger partial charge on any atom is -0.480 e. The number of nitrogens with zero attached hydrogens (tertiary/aromatic N) is 1. The number of phosphoric acid groups is 1. The lowest BCUT2D eigenvalue weighted by Crippen LogP contribution is -2.37. The van der Waals surface area contributed by atoms with Crippen LogP contribution in [0, 0.1) is 0 Å². The maximum absolute atomic E-state index is 11.0. The van der Waals surface area contributed by atoms with Crippen LogP contribution in [0.15, 0.2) is 24.3 Å². The van der Waals surface area contributed by atoms with E-state index < -0.39 is 19.8 Å². The largest absolute Gasteiger partial charge is 0.524 e. The second-order valence-corrected chi connectivity index (χ2v) is 5.41. The topological polar surface area (TPSA) is 107 Å². The van der Waals surface area contributed by atoms with Crippen molar-refractivity contribution in [2.24, 2.45) is 0 Å². The van der Waals surface area contributed by atoms with E-state index in [-0.39, 0.29) is 5.75 Å². The fraction of sp³-hybridized carbons (Fsp3) is 0.364. The summed E-state index contributed by atoms with van der Waals surface area (Å²) in [5.74, 6) is -0.894. The molecule has 0 saturated heterocycles. The molecule has 1 aromatic rings. The van der Waals surface area contributed by atoms with Gasteiger partial charge in [-0.3, -0.25) is 19.5 Å². The van der Waals surface area contributed by atoms with E-state index in [4.69, 9.17) is 14.9 Å². The van der Waals surface area contributed by atoms with Gasteiger partial charge in [0.1, 0.15) is 11.8 Å². The molecule has 7 nitrogen and oxygen atoms in total. The molecule has 19 heavy (non-hydrogen) atoms. The Labute approximate surface area is 110 Å². The van der Waals surface area contributed by atoms with Gasteiger partial charge in [-0.1, -0.05) is 12.1 Å². The second kappa shape index (κ2) is 6.16. The normalized spacial score (nSPS) is 13.3. The van der Waals surface area contributed by atoms with Crippen LogP contribution in [0.1, 0.15) is 5.56 Å². The van der Waals surface area contributed by atoms with Gasteiger partial charge in [-0.2, -0.15) is 0 Å². The van der Waals surface area contributed by atoms with Crippen LogP contribution >= 0.6 is 7.82 Å². The summed E-state index contributed by atoms with van der Waals surface area (Å²) in [6.07, 6.45) is 0.290. The van der Waals surface area contributed by atoms with Crippen molar-refractivity contribution < 1.29 is 28.8 Å². The second-order valence-electron chi connectivity index (χ2n) is 4.25.